The summed E-state index contributed by atoms with van der Waals surface area (Å²) in [5, 5.41) is 9.05. The third-order valence-corrected chi connectivity index (χ3v) is 3.18. The Labute approximate surface area is 105 Å². The molecule has 0 unspecified atom stereocenters. The molecule has 0 spiro atoms. The molecular formula is C15H14N2O. The van der Waals surface area contributed by atoms with Gasteiger partial charge in [0.05, 0.1) is 12.3 Å². The number of nitrogens with zero attached hydrogens (tertiary/aromatic N) is 2. The molecule has 18 heavy (non-hydrogen) atoms. The van der Waals surface area contributed by atoms with Crippen molar-refractivity contribution in [2.45, 2.75) is 13.5 Å². The summed E-state index contributed by atoms with van der Waals surface area (Å²) in [7, 11) is 0. The standard InChI is InChI=1S/C15H14N2O/c1-11-15(13-7-5-12(10-18)6-8-13)16-14-4-2-3-9-17(11)14/h2-9,18H,10H2,1H3. The summed E-state index contributed by atoms with van der Waals surface area (Å²) in [6.07, 6.45) is 2.02. The maximum atomic E-state index is 9.05. The van der Waals surface area contributed by atoms with Crippen LogP contribution in [0.4, 0.5) is 0 Å². The second kappa shape index (κ2) is 4.27. The van der Waals surface area contributed by atoms with E-state index in [9.17, 15) is 0 Å². The Morgan fingerprint density at radius 1 is 1.11 bits per heavy atom. The smallest absolute Gasteiger partial charge is 0.137 e. The van der Waals surface area contributed by atoms with E-state index in [1.807, 2.05) is 48.7 Å². The fourth-order valence-electron chi connectivity index (χ4n) is 2.16. The van der Waals surface area contributed by atoms with Crippen LogP contribution >= 0.6 is 0 Å². The number of imidazole rings is 1. The third-order valence-electron chi connectivity index (χ3n) is 3.18. The third kappa shape index (κ3) is 1.69. The molecule has 3 heteroatoms. The van der Waals surface area contributed by atoms with Gasteiger partial charge in [0.1, 0.15) is 5.65 Å². The van der Waals surface area contributed by atoms with Gasteiger partial charge in [-0.1, -0.05) is 30.3 Å². The lowest BCUT2D eigenvalue weighted by molar-refractivity contribution is 0.282. The molecule has 0 amide bonds. The van der Waals surface area contributed by atoms with Crippen molar-refractivity contribution in [3.05, 3.63) is 59.9 Å². The highest BCUT2D eigenvalue weighted by Crippen LogP contribution is 2.23. The highest BCUT2D eigenvalue weighted by atomic mass is 16.3. The number of aliphatic hydroxyl groups is 1. The molecule has 0 aliphatic rings. The van der Waals surface area contributed by atoms with Crippen LogP contribution in [0.1, 0.15) is 11.3 Å². The van der Waals surface area contributed by atoms with E-state index in [-0.39, 0.29) is 6.61 Å². The Bertz CT molecular complexity index is 683. The first-order valence-corrected chi connectivity index (χ1v) is 5.93. The van der Waals surface area contributed by atoms with Crippen molar-refractivity contribution < 1.29 is 5.11 Å². The zero-order chi connectivity index (χ0) is 12.5. The highest BCUT2D eigenvalue weighted by Gasteiger charge is 2.09. The molecule has 3 aromatic rings. The minimum absolute atomic E-state index is 0.0738. The largest absolute Gasteiger partial charge is 0.392 e. The lowest BCUT2D eigenvalue weighted by Crippen LogP contribution is -1.87. The topological polar surface area (TPSA) is 37.5 Å². The van der Waals surface area contributed by atoms with E-state index in [1.54, 1.807) is 0 Å². The Kier molecular flexibility index (Phi) is 2.61. The van der Waals surface area contributed by atoms with Crippen molar-refractivity contribution >= 4 is 5.65 Å². The van der Waals surface area contributed by atoms with Crippen LogP contribution in [-0.4, -0.2) is 14.5 Å². The summed E-state index contributed by atoms with van der Waals surface area (Å²) in [4.78, 5) is 4.64. The Morgan fingerprint density at radius 2 is 1.89 bits per heavy atom. The van der Waals surface area contributed by atoms with Gasteiger partial charge >= 0.3 is 0 Å². The van der Waals surface area contributed by atoms with Crippen LogP contribution in [0.5, 0.6) is 0 Å². The van der Waals surface area contributed by atoms with E-state index in [1.165, 1.54) is 0 Å². The van der Waals surface area contributed by atoms with Crippen LogP contribution in [0.2, 0.25) is 0 Å². The van der Waals surface area contributed by atoms with Gasteiger partial charge in [-0.25, -0.2) is 4.98 Å². The first kappa shape index (κ1) is 11.0. The molecule has 0 aliphatic carbocycles. The molecule has 1 aromatic carbocycles. The van der Waals surface area contributed by atoms with Gasteiger partial charge in [-0.3, -0.25) is 0 Å². The van der Waals surface area contributed by atoms with Gasteiger partial charge in [0.2, 0.25) is 0 Å². The van der Waals surface area contributed by atoms with Crippen LogP contribution in [0, 0.1) is 6.92 Å². The number of aryl methyl sites for hydroxylation is 1. The van der Waals surface area contributed by atoms with Crippen molar-refractivity contribution in [1.82, 2.24) is 9.38 Å². The predicted octanol–water partition coefficient (Wildman–Crippen LogP) is 2.80. The first-order chi connectivity index (χ1) is 8.79. The number of rotatable bonds is 2. The summed E-state index contributed by atoms with van der Waals surface area (Å²) in [6, 6.07) is 13.8. The second-order valence-electron chi connectivity index (χ2n) is 4.33. The van der Waals surface area contributed by atoms with E-state index in [2.05, 4.69) is 16.3 Å². The summed E-state index contributed by atoms with van der Waals surface area (Å²) >= 11 is 0. The molecule has 0 radical (unpaired) electrons. The number of benzene rings is 1. The molecule has 0 aliphatic heterocycles. The van der Waals surface area contributed by atoms with Gasteiger partial charge in [-0.2, -0.15) is 0 Å². The summed E-state index contributed by atoms with van der Waals surface area (Å²) in [5.41, 5.74) is 5.07. The van der Waals surface area contributed by atoms with Crippen molar-refractivity contribution in [1.29, 1.82) is 0 Å². The van der Waals surface area contributed by atoms with Crippen molar-refractivity contribution in [2.75, 3.05) is 0 Å². The Hall–Kier alpha value is -2.13. The van der Waals surface area contributed by atoms with Crippen molar-refractivity contribution in [3.8, 4) is 11.3 Å². The molecular weight excluding hydrogens is 224 g/mol. The number of fused-ring (bicyclic) bond motifs is 1. The maximum absolute atomic E-state index is 9.05. The molecule has 2 aromatic heterocycles. The average Bonchev–Trinajstić information content (AvgIpc) is 2.77. The minimum atomic E-state index is 0.0738. The van der Waals surface area contributed by atoms with Gasteiger partial charge in [-0.15, -0.1) is 0 Å². The molecule has 0 saturated heterocycles. The number of aromatic nitrogens is 2. The molecule has 3 rings (SSSR count). The van der Waals surface area contributed by atoms with E-state index < -0.39 is 0 Å². The fourth-order valence-corrected chi connectivity index (χ4v) is 2.16. The van der Waals surface area contributed by atoms with E-state index in [0.717, 1.165) is 28.2 Å². The molecule has 0 bridgehead atoms. The van der Waals surface area contributed by atoms with E-state index >= 15 is 0 Å². The molecule has 90 valence electrons. The molecule has 0 fully saturated rings. The Balaban J connectivity index is 2.15. The van der Waals surface area contributed by atoms with Crippen molar-refractivity contribution in [3.63, 3.8) is 0 Å². The predicted molar refractivity (Wildman–Crippen MR) is 71.3 cm³/mol. The number of pyridine rings is 1. The van der Waals surface area contributed by atoms with Gasteiger partial charge in [-0.05, 0) is 24.6 Å². The van der Waals surface area contributed by atoms with E-state index in [4.69, 9.17) is 5.11 Å². The van der Waals surface area contributed by atoms with E-state index in [0.29, 0.717) is 0 Å². The van der Waals surface area contributed by atoms with Gasteiger partial charge < -0.3 is 9.51 Å². The fraction of sp³-hybridized carbons (Fsp3) is 0.133. The molecule has 2 heterocycles. The monoisotopic (exact) mass is 238 g/mol. The minimum Gasteiger partial charge on any atom is -0.392 e. The number of hydrogen-bond acceptors (Lipinski definition) is 2. The van der Waals surface area contributed by atoms with Crippen LogP contribution in [0.15, 0.2) is 48.7 Å². The van der Waals surface area contributed by atoms with Gasteiger partial charge in [0.25, 0.3) is 0 Å². The second-order valence-corrected chi connectivity index (χ2v) is 4.33. The molecule has 1 N–H and O–H groups in total. The summed E-state index contributed by atoms with van der Waals surface area (Å²) in [5.74, 6) is 0. The van der Waals surface area contributed by atoms with Crippen LogP contribution in [0.25, 0.3) is 16.9 Å². The zero-order valence-electron chi connectivity index (χ0n) is 10.2. The zero-order valence-corrected chi connectivity index (χ0v) is 10.2. The Morgan fingerprint density at radius 3 is 2.56 bits per heavy atom. The van der Waals surface area contributed by atoms with Crippen LogP contribution in [-0.2, 0) is 6.61 Å². The average molecular weight is 238 g/mol. The summed E-state index contributed by atoms with van der Waals surface area (Å²) in [6.45, 7) is 2.14. The van der Waals surface area contributed by atoms with Gasteiger partial charge in [0, 0.05) is 17.5 Å². The van der Waals surface area contributed by atoms with Crippen molar-refractivity contribution in [2.24, 2.45) is 0 Å². The number of hydrogen-bond donors (Lipinski definition) is 1. The van der Waals surface area contributed by atoms with Gasteiger partial charge in [0.15, 0.2) is 0 Å². The SMILES string of the molecule is Cc1c(-c2ccc(CO)cc2)nc2ccccn12. The summed E-state index contributed by atoms with van der Waals surface area (Å²) < 4.78 is 2.08. The normalized spacial score (nSPS) is 11.0. The number of aliphatic hydroxyl groups excluding tert-OH is 1. The lowest BCUT2D eigenvalue weighted by Gasteiger charge is -2.01. The lowest BCUT2D eigenvalue weighted by atomic mass is 10.1. The molecule has 3 nitrogen and oxygen atoms in total. The van der Waals surface area contributed by atoms with Crippen LogP contribution in [0.3, 0.4) is 0 Å². The molecule has 0 saturated carbocycles. The first-order valence-electron chi connectivity index (χ1n) is 5.93. The molecule has 0 atom stereocenters. The van der Waals surface area contributed by atoms with Crippen LogP contribution < -0.4 is 0 Å². The quantitative estimate of drug-likeness (QED) is 0.745. The highest BCUT2D eigenvalue weighted by molar-refractivity contribution is 5.66. The maximum Gasteiger partial charge on any atom is 0.137 e.